The van der Waals surface area contributed by atoms with E-state index in [9.17, 15) is 4.39 Å². The number of rotatable bonds is 3. The molecule has 2 aromatic rings. The SMILES string of the molecule is Cl.Cl.Fc1ccc(-c2noc(CC3CCNCC3)n2)nc1. The molecule has 1 N–H and O–H groups in total. The van der Waals surface area contributed by atoms with E-state index in [1.165, 1.54) is 6.07 Å². The molecule has 8 heteroatoms. The molecule has 0 aromatic carbocycles. The molecule has 1 aliphatic rings. The fourth-order valence-corrected chi connectivity index (χ4v) is 2.28. The Morgan fingerprint density at radius 2 is 2.00 bits per heavy atom. The Morgan fingerprint density at radius 1 is 1.24 bits per heavy atom. The van der Waals surface area contributed by atoms with Gasteiger partial charge in [0.25, 0.3) is 0 Å². The van der Waals surface area contributed by atoms with Crippen LogP contribution in [0.1, 0.15) is 18.7 Å². The Hall–Kier alpha value is -1.24. The summed E-state index contributed by atoms with van der Waals surface area (Å²) < 4.78 is 18.0. The van der Waals surface area contributed by atoms with Gasteiger partial charge in [-0.3, -0.25) is 0 Å². The maximum atomic E-state index is 12.8. The number of hydrogen-bond donors (Lipinski definition) is 1. The lowest BCUT2D eigenvalue weighted by Gasteiger charge is -2.20. The molecule has 3 rings (SSSR count). The van der Waals surface area contributed by atoms with Crippen LogP contribution in [0.4, 0.5) is 4.39 Å². The minimum absolute atomic E-state index is 0. The Labute approximate surface area is 134 Å². The molecule has 0 bridgehead atoms. The number of nitrogens with zero attached hydrogens (tertiary/aromatic N) is 3. The fourth-order valence-electron chi connectivity index (χ4n) is 2.28. The Kier molecular flexibility index (Phi) is 7.01. The molecule has 116 valence electrons. The van der Waals surface area contributed by atoms with Gasteiger partial charge in [0.05, 0.1) is 6.20 Å². The minimum Gasteiger partial charge on any atom is -0.339 e. The van der Waals surface area contributed by atoms with Gasteiger partial charge in [-0.1, -0.05) is 5.16 Å². The monoisotopic (exact) mass is 334 g/mol. The summed E-state index contributed by atoms with van der Waals surface area (Å²) in [7, 11) is 0. The number of hydrogen-bond acceptors (Lipinski definition) is 5. The second-order valence-corrected chi connectivity index (χ2v) is 4.77. The van der Waals surface area contributed by atoms with Crippen LogP contribution in [0.3, 0.4) is 0 Å². The van der Waals surface area contributed by atoms with Crippen molar-refractivity contribution in [3.05, 3.63) is 30.0 Å². The summed E-state index contributed by atoms with van der Waals surface area (Å²) in [6.45, 7) is 2.09. The molecule has 21 heavy (non-hydrogen) atoms. The summed E-state index contributed by atoms with van der Waals surface area (Å²) in [5.74, 6) is 1.27. The third-order valence-electron chi connectivity index (χ3n) is 3.35. The first-order chi connectivity index (χ1) is 9.31. The Bertz CT molecular complexity index is 543. The van der Waals surface area contributed by atoms with Crippen molar-refractivity contribution >= 4 is 24.8 Å². The predicted octanol–water partition coefficient (Wildman–Crippen LogP) is 2.66. The number of pyridine rings is 1. The standard InChI is InChI=1S/C13H15FN4O.2ClH/c14-10-1-2-11(16-8-10)13-17-12(19-18-13)7-9-3-5-15-6-4-9;;/h1-2,8-9,15H,3-7H2;2*1H. The van der Waals surface area contributed by atoms with Crippen molar-refractivity contribution in [2.24, 2.45) is 5.92 Å². The van der Waals surface area contributed by atoms with Crippen LogP contribution in [-0.2, 0) is 6.42 Å². The van der Waals surface area contributed by atoms with Crippen molar-refractivity contribution in [1.29, 1.82) is 0 Å². The van der Waals surface area contributed by atoms with Crippen LogP contribution >= 0.6 is 24.8 Å². The van der Waals surface area contributed by atoms with Crippen LogP contribution in [0.2, 0.25) is 0 Å². The first-order valence-electron chi connectivity index (χ1n) is 6.46. The average molecular weight is 335 g/mol. The van der Waals surface area contributed by atoms with Crippen LogP contribution in [0.25, 0.3) is 11.5 Å². The van der Waals surface area contributed by atoms with Crippen molar-refractivity contribution in [2.75, 3.05) is 13.1 Å². The van der Waals surface area contributed by atoms with Gasteiger partial charge < -0.3 is 9.84 Å². The number of piperidine rings is 1. The normalized spacial score (nSPS) is 15.1. The van der Waals surface area contributed by atoms with Crippen LogP contribution in [0, 0.1) is 11.7 Å². The maximum Gasteiger partial charge on any atom is 0.227 e. The van der Waals surface area contributed by atoms with Crippen molar-refractivity contribution in [3.63, 3.8) is 0 Å². The second kappa shape index (κ2) is 8.26. The van der Waals surface area contributed by atoms with Gasteiger partial charge >= 0.3 is 0 Å². The van der Waals surface area contributed by atoms with Gasteiger partial charge in [0, 0.05) is 6.42 Å². The van der Waals surface area contributed by atoms with Gasteiger partial charge in [0.2, 0.25) is 11.7 Å². The van der Waals surface area contributed by atoms with Gasteiger partial charge in [-0.25, -0.2) is 9.37 Å². The number of halogens is 3. The molecular formula is C13H17Cl2FN4O. The first-order valence-corrected chi connectivity index (χ1v) is 6.46. The first kappa shape index (κ1) is 17.8. The zero-order chi connectivity index (χ0) is 13.1. The molecule has 3 heterocycles. The summed E-state index contributed by atoms with van der Waals surface area (Å²) in [6, 6.07) is 2.89. The number of nitrogens with one attached hydrogen (secondary N) is 1. The topological polar surface area (TPSA) is 63.8 Å². The van der Waals surface area contributed by atoms with Gasteiger partial charge in [0.15, 0.2) is 0 Å². The average Bonchev–Trinajstić information content (AvgIpc) is 2.89. The Morgan fingerprint density at radius 3 is 2.67 bits per heavy atom. The lowest BCUT2D eigenvalue weighted by atomic mass is 9.95. The van der Waals surface area contributed by atoms with Gasteiger partial charge in [-0.15, -0.1) is 24.8 Å². The van der Waals surface area contributed by atoms with Crippen molar-refractivity contribution in [3.8, 4) is 11.5 Å². The van der Waals surface area contributed by atoms with Gasteiger partial charge in [-0.05, 0) is 44.0 Å². The zero-order valence-electron chi connectivity index (χ0n) is 11.3. The molecule has 0 atom stereocenters. The minimum atomic E-state index is -0.373. The summed E-state index contributed by atoms with van der Waals surface area (Å²) in [6.07, 6.45) is 4.22. The zero-order valence-corrected chi connectivity index (χ0v) is 12.9. The summed E-state index contributed by atoms with van der Waals surface area (Å²) in [5.41, 5.74) is 0.529. The van der Waals surface area contributed by atoms with Crippen molar-refractivity contribution in [1.82, 2.24) is 20.4 Å². The highest BCUT2D eigenvalue weighted by atomic mass is 35.5. The van der Waals surface area contributed by atoms with Crippen LogP contribution < -0.4 is 5.32 Å². The summed E-state index contributed by atoms with van der Waals surface area (Å²) >= 11 is 0. The van der Waals surface area contributed by atoms with E-state index in [2.05, 4.69) is 20.4 Å². The van der Waals surface area contributed by atoms with Crippen LogP contribution in [0.5, 0.6) is 0 Å². The largest absolute Gasteiger partial charge is 0.339 e. The van der Waals surface area contributed by atoms with E-state index in [0.29, 0.717) is 23.3 Å². The number of aromatic nitrogens is 3. The fraction of sp³-hybridized carbons (Fsp3) is 0.462. The second-order valence-electron chi connectivity index (χ2n) is 4.77. The van der Waals surface area contributed by atoms with E-state index < -0.39 is 0 Å². The smallest absolute Gasteiger partial charge is 0.227 e. The molecule has 0 spiro atoms. The predicted molar refractivity (Wildman–Crippen MR) is 81.3 cm³/mol. The van der Waals surface area contributed by atoms with E-state index in [1.54, 1.807) is 6.07 Å². The van der Waals surface area contributed by atoms with E-state index in [0.717, 1.165) is 38.5 Å². The molecule has 0 saturated carbocycles. The molecule has 5 nitrogen and oxygen atoms in total. The molecule has 1 fully saturated rings. The van der Waals surface area contributed by atoms with Crippen LogP contribution in [0.15, 0.2) is 22.9 Å². The highest BCUT2D eigenvalue weighted by Gasteiger charge is 2.18. The highest BCUT2D eigenvalue weighted by Crippen LogP contribution is 2.19. The lowest BCUT2D eigenvalue weighted by molar-refractivity contribution is 0.313. The van der Waals surface area contributed by atoms with Crippen molar-refractivity contribution < 1.29 is 8.91 Å². The molecule has 1 saturated heterocycles. The molecule has 0 amide bonds. The van der Waals surface area contributed by atoms with Crippen molar-refractivity contribution in [2.45, 2.75) is 19.3 Å². The summed E-state index contributed by atoms with van der Waals surface area (Å²) in [5, 5.41) is 7.22. The highest BCUT2D eigenvalue weighted by molar-refractivity contribution is 5.85. The van der Waals surface area contributed by atoms with E-state index in [4.69, 9.17) is 4.52 Å². The third-order valence-corrected chi connectivity index (χ3v) is 3.35. The summed E-state index contributed by atoms with van der Waals surface area (Å²) in [4.78, 5) is 8.26. The molecule has 0 aliphatic carbocycles. The Balaban J connectivity index is 0.00000110. The molecule has 2 aromatic heterocycles. The van der Waals surface area contributed by atoms with Crippen LogP contribution in [-0.4, -0.2) is 28.2 Å². The molecule has 1 aliphatic heterocycles. The van der Waals surface area contributed by atoms with Gasteiger partial charge in [-0.2, -0.15) is 4.98 Å². The molecular weight excluding hydrogens is 318 g/mol. The lowest BCUT2D eigenvalue weighted by Crippen LogP contribution is -2.28. The van der Waals surface area contributed by atoms with E-state index in [1.807, 2.05) is 0 Å². The van der Waals surface area contributed by atoms with Gasteiger partial charge in [0.1, 0.15) is 11.5 Å². The maximum absolute atomic E-state index is 12.8. The van der Waals surface area contributed by atoms with E-state index >= 15 is 0 Å². The quantitative estimate of drug-likeness (QED) is 0.934. The molecule has 0 unspecified atom stereocenters. The third kappa shape index (κ3) is 4.62. The molecule has 0 radical (unpaired) electrons. The van der Waals surface area contributed by atoms with E-state index in [-0.39, 0.29) is 30.6 Å².